The molecule has 1 fully saturated rings. The fourth-order valence-corrected chi connectivity index (χ4v) is 4.95. The van der Waals surface area contributed by atoms with Crippen molar-refractivity contribution in [1.82, 2.24) is 9.88 Å². The van der Waals surface area contributed by atoms with Gasteiger partial charge in [-0.1, -0.05) is 53.1 Å². The maximum absolute atomic E-state index is 13.0. The van der Waals surface area contributed by atoms with Gasteiger partial charge in [-0.25, -0.2) is 4.98 Å². The molecule has 10 heteroatoms. The van der Waals surface area contributed by atoms with E-state index in [4.69, 9.17) is 39.8 Å². The number of nitrogens with one attached hydrogen (secondary N) is 1. The van der Waals surface area contributed by atoms with Crippen LogP contribution in [0.1, 0.15) is 30.6 Å². The Kier molecular flexibility index (Phi) is 7.10. The molecule has 3 aromatic rings. The highest BCUT2D eigenvalue weighted by molar-refractivity contribution is 7.22. The predicted octanol–water partition coefficient (Wildman–Crippen LogP) is 6.42. The Bertz CT molecular complexity index is 1190. The van der Waals surface area contributed by atoms with Crippen molar-refractivity contribution < 1.29 is 4.79 Å². The van der Waals surface area contributed by atoms with E-state index in [0.717, 1.165) is 33.2 Å². The normalized spacial score (nSPS) is 14.8. The maximum Gasteiger partial charge on any atom is 0.255 e. The summed E-state index contributed by atoms with van der Waals surface area (Å²) in [6.45, 7) is 6.39. The van der Waals surface area contributed by atoms with Gasteiger partial charge < -0.3 is 9.80 Å². The van der Waals surface area contributed by atoms with Gasteiger partial charge in [0.05, 0.1) is 26.0 Å². The van der Waals surface area contributed by atoms with Crippen LogP contribution in [0.2, 0.25) is 15.1 Å². The van der Waals surface area contributed by atoms with E-state index >= 15 is 0 Å². The number of hydrazone groups is 1. The van der Waals surface area contributed by atoms with Crippen molar-refractivity contribution in [2.45, 2.75) is 20.3 Å². The molecule has 0 bridgehead atoms. The smallest absolute Gasteiger partial charge is 0.255 e. The third-order valence-electron chi connectivity index (χ3n) is 5.38. The third kappa shape index (κ3) is 4.81. The molecule has 0 saturated carbocycles. The monoisotopic (exact) mass is 509 g/mol. The Morgan fingerprint density at radius 1 is 1.12 bits per heavy atom. The second-order valence-corrected chi connectivity index (χ2v) is 9.76. The van der Waals surface area contributed by atoms with Crippen molar-refractivity contribution >= 4 is 78.8 Å². The lowest BCUT2D eigenvalue weighted by molar-refractivity contribution is 0.0747. The summed E-state index contributed by atoms with van der Waals surface area (Å²) in [7, 11) is 0. The van der Waals surface area contributed by atoms with Gasteiger partial charge in [0.2, 0.25) is 5.13 Å². The summed E-state index contributed by atoms with van der Waals surface area (Å²) in [5.41, 5.74) is 6.19. The minimum absolute atomic E-state index is 0.120. The minimum atomic E-state index is -0.120. The Labute approximate surface area is 205 Å². The summed E-state index contributed by atoms with van der Waals surface area (Å²) >= 11 is 20.4. The molecule has 1 aromatic heterocycles. The highest BCUT2D eigenvalue weighted by atomic mass is 35.5. The molecule has 2 aromatic carbocycles. The zero-order valence-corrected chi connectivity index (χ0v) is 20.7. The SMILES string of the molecule is CC/C(C)=N/Nc1nc2c(N3CCN(C(=O)c4cc(Cl)ccc4Cl)CC3)c(Cl)ccc2s1. The van der Waals surface area contributed by atoms with Gasteiger partial charge in [-0.05, 0) is 43.7 Å². The fourth-order valence-electron chi connectivity index (χ4n) is 3.49. The number of hydrogen-bond donors (Lipinski definition) is 1. The van der Waals surface area contributed by atoms with E-state index in [-0.39, 0.29) is 5.91 Å². The van der Waals surface area contributed by atoms with Crippen LogP contribution in [0, 0.1) is 0 Å². The lowest BCUT2D eigenvalue weighted by Gasteiger charge is -2.36. The van der Waals surface area contributed by atoms with E-state index in [9.17, 15) is 4.79 Å². The summed E-state index contributed by atoms with van der Waals surface area (Å²) < 4.78 is 1.03. The lowest BCUT2D eigenvalue weighted by atomic mass is 10.1. The number of anilines is 2. The molecule has 0 atom stereocenters. The molecule has 1 amide bonds. The van der Waals surface area contributed by atoms with Gasteiger partial charge in [0.1, 0.15) is 5.52 Å². The van der Waals surface area contributed by atoms with Crippen LogP contribution in [0.3, 0.4) is 0 Å². The molecule has 0 spiro atoms. The number of piperazine rings is 1. The van der Waals surface area contributed by atoms with E-state index in [2.05, 4.69) is 22.4 Å². The standard InChI is InChI=1S/C22H22Cl3N5OS/c1-3-13(2)27-28-22-26-19-18(32-22)7-6-17(25)20(19)29-8-10-30(11-9-29)21(31)15-12-14(23)4-5-16(15)24/h4-7,12H,3,8-11H2,1-2H3,(H,26,28)/b27-13+. The summed E-state index contributed by atoms with van der Waals surface area (Å²) in [6.07, 6.45) is 0.873. The number of hydrogen-bond acceptors (Lipinski definition) is 6. The molecule has 1 saturated heterocycles. The van der Waals surface area contributed by atoms with E-state index in [1.807, 2.05) is 19.1 Å². The van der Waals surface area contributed by atoms with Gasteiger partial charge in [-0.2, -0.15) is 5.10 Å². The number of fused-ring (bicyclic) bond motifs is 1. The van der Waals surface area contributed by atoms with Gasteiger partial charge >= 0.3 is 0 Å². The van der Waals surface area contributed by atoms with Crippen molar-refractivity contribution in [3.8, 4) is 0 Å². The highest BCUT2D eigenvalue weighted by Gasteiger charge is 2.26. The van der Waals surface area contributed by atoms with Crippen LogP contribution in [-0.4, -0.2) is 47.7 Å². The van der Waals surface area contributed by atoms with E-state index in [1.165, 1.54) is 11.3 Å². The third-order valence-corrected chi connectivity index (χ3v) is 7.18. The molecule has 32 heavy (non-hydrogen) atoms. The van der Waals surface area contributed by atoms with E-state index in [0.29, 0.717) is 46.8 Å². The lowest BCUT2D eigenvalue weighted by Crippen LogP contribution is -2.49. The molecular formula is C22H22Cl3N5OS. The van der Waals surface area contributed by atoms with Crippen LogP contribution in [-0.2, 0) is 0 Å². The van der Waals surface area contributed by atoms with E-state index in [1.54, 1.807) is 23.1 Å². The van der Waals surface area contributed by atoms with E-state index < -0.39 is 0 Å². The molecule has 0 aliphatic carbocycles. The molecular weight excluding hydrogens is 489 g/mol. The summed E-state index contributed by atoms with van der Waals surface area (Å²) in [4.78, 5) is 21.7. The van der Waals surface area contributed by atoms with Crippen LogP contribution in [0.4, 0.5) is 10.8 Å². The fraction of sp³-hybridized carbons (Fsp3) is 0.318. The number of nitrogens with zero attached hydrogens (tertiary/aromatic N) is 4. The molecule has 0 unspecified atom stereocenters. The first-order valence-corrected chi connectivity index (χ1v) is 12.2. The van der Waals surface area contributed by atoms with Crippen molar-refractivity contribution in [3.63, 3.8) is 0 Å². The number of amides is 1. The average Bonchev–Trinajstić information content (AvgIpc) is 3.21. The number of rotatable bonds is 5. The number of halogens is 3. The molecule has 1 aliphatic rings. The predicted molar refractivity (Wildman–Crippen MR) is 136 cm³/mol. The van der Waals surface area contributed by atoms with Crippen LogP contribution in [0.15, 0.2) is 35.4 Å². The molecule has 6 nitrogen and oxygen atoms in total. The number of thiazole rings is 1. The highest BCUT2D eigenvalue weighted by Crippen LogP contribution is 2.38. The number of aromatic nitrogens is 1. The van der Waals surface area contributed by atoms with Gasteiger partial charge in [0.15, 0.2) is 0 Å². The van der Waals surface area contributed by atoms with Gasteiger partial charge in [-0.3, -0.25) is 10.2 Å². The van der Waals surface area contributed by atoms with Crippen molar-refractivity contribution in [2.24, 2.45) is 5.10 Å². The zero-order valence-electron chi connectivity index (χ0n) is 17.7. The maximum atomic E-state index is 13.0. The first kappa shape index (κ1) is 23.1. The second-order valence-electron chi connectivity index (χ2n) is 7.48. The molecule has 1 aliphatic heterocycles. The quantitative estimate of drug-likeness (QED) is 0.318. The van der Waals surface area contributed by atoms with Crippen molar-refractivity contribution in [1.29, 1.82) is 0 Å². The van der Waals surface area contributed by atoms with Crippen LogP contribution in [0.5, 0.6) is 0 Å². The summed E-state index contributed by atoms with van der Waals surface area (Å²) in [5.74, 6) is -0.120. The number of carbonyl (C=O) groups excluding carboxylic acids is 1. The summed E-state index contributed by atoms with van der Waals surface area (Å²) in [6, 6.07) is 8.80. The first-order valence-electron chi connectivity index (χ1n) is 10.2. The van der Waals surface area contributed by atoms with Gasteiger partial charge in [-0.15, -0.1) is 0 Å². The Morgan fingerprint density at radius 3 is 2.56 bits per heavy atom. The van der Waals surface area contributed by atoms with Gasteiger partial charge in [0.25, 0.3) is 5.91 Å². The largest absolute Gasteiger partial charge is 0.365 e. The number of carbonyl (C=O) groups is 1. The minimum Gasteiger partial charge on any atom is -0.365 e. The average molecular weight is 511 g/mol. The number of benzene rings is 2. The molecule has 168 valence electrons. The van der Waals surface area contributed by atoms with Crippen LogP contribution in [0.25, 0.3) is 10.2 Å². The van der Waals surface area contributed by atoms with Crippen molar-refractivity contribution in [2.75, 3.05) is 36.5 Å². The molecule has 0 radical (unpaired) electrons. The molecule has 1 N–H and O–H groups in total. The zero-order chi connectivity index (χ0) is 22.8. The topological polar surface area (TPSA) is 60.8 Å². The van der Waals surface area contributed by atoms with Crippen LogP contribution < -0.4 is 10.3 Å². The first-order chi connectivity index (χ1) is 15.4. The second kappa shape index (κ2) is 9.83. The Hall–Kier alpha value is -2.06. The molecule has 2 heterocycles. The van der Waals surface area contributed by atoms with Gasteiger partial charge in [0, 0.05) is 36.9 Å². The Balaban J connectivity index is 1.53. The Morgan fingerprint density at radius 2 is 1.84 bits per heavy atom. The van der Waals surface area contributed by atoms with Crippen LogP contribution >= 0.6 is 46.1 Å². The van der Waals surface area contributed by atoms with Crippen molar-refractivity contribution in [3.05, 3.63) is 51.0 Å². The summed E-state index contributed by atoms with van der Waals surface area (Å²) in [5, 5.41) is 6.60. The molecule has 4 rings (SSSR count).